The van der Waals surface area contributed by atoms with Crippen LogP contribution in [0, 0.1) is 5.82 Å². The summed E-state index contributed by atoms with van der Waals surface area (Å²) in [5, 5.41) is 19.5. The first kappa shape index (κ1) is 21.1. The molecule has 0 bridgehead atoms. The Bertz CT molecular complexity index is 1460. The van der Waals surface area contributed by atoms with Crippen molar-refractivity contribution in [1.82, 2.24) is 10.2 Å². The number of phenolic OH excluding ortho intramolecular Hbond substituents is 1. The van der Waals surface area contributed by atoms with Crippen molar-refractivity contribution < 1.29 is 23.4 Å². The first-order chi connectivity index (χ1) is 15.9. The van der Waals surface area contributed by atoms with Gasteiger partial charge in [0.15, 0.2) is 16.9 Å². The van der Waals surface area contributed by atoms with Crippen molar-refractivity contribution in [2.45, 2.75) is 25.8 Å². The number of hydrogen-bond acceptors (Lipinski definition) is 8. The molecule has 2 aromatic carbocycles. The number of aromatic hydroxyl groups is 1. The van der Waals surface area contributed by atoms with E-state index in [0.29, 0.717) is 17.1 Å². The molecule has 0 saturated carbocycles. The van der Waals surface area contributed by atoms with Gasteiger partial charge >= 0.3 is 0 Å². The van der Waals surface area contributed by atoms with Crippen LogP contribution in [0.25, 0.3) is 11.0 Å². The van der Waals surface area contributed by atoms with E-state index in [2.05, 4.69) is 10.2 Å². The molecule has 1 unspecified atom stereocenters. The van der Waals surface area contributed by atoms with Crippen LogP contribution in [0.3, 0.4) is 0 Å². The minimum atomic E-state index is -0.923. The standard InChI is InChI=1S/C23H18FN3O5S/c1-3-4-17-25-26-23(33-17)27-19(11-5-7-14(28)16(9-11)31-2)18-20(29)13-10-12(24)6-8-15(13)32-21(18)22(27)30/h5-10,19,28H,3-4H2,1-2H3. The number of anilines is 1. The Labute approximate surface area is 190 Å². The topological polar surface area (TPSA) is 106 Å². The fourth-order valence-corrected chi connectivity index (χ4v) is 4.95. The molecule has 2 aromatic heterocycles. The molecule has 1 amide bonds. The zero-order valence-corrected chi connectivity index (χ0v) is 18.5. The minimum Gasteiger partial charge on any atom is -0.504 e. The number of hydrogen-bond donors (Lipinski definition) is 1. The molecule has 4 aromatic rings. The number of carbonyl (C=O) groups excluding carboxylic acids is 1. The summed E-state index contributed by atoms with van der Waals surface area (Å²) in [5.74, 6) is -1.19. The van der Waals surface area contributed by atoms with Crippen molar-refractivity contribution in [2.75, 3.05) is 12.0 Å². The zero-order chi connectivity index (χ0) is 23.3. The van der Waals surface area contributed by atoms with Crippen LogP contribution in [0.5, 0.6) is 11.5 Å². The van der Waals surface area contributed by atoms with Gasteiger partial charge in [-0.25, -0.2) is 4.39 Å². The molecule has 1 aliphatic rings. The summed E-state index contributed by atoms with van der Waals surface area (Å²) in [4.78, 5) is 28.4. The Kier molecular flexibility index (Phi) is 5.09. The third-order valence-electron chi connectivity index (χ3n) is 5.48. The number of carbonyl (C=O) groups is 1. The second-order valence-corrected chi connectivity index (χ2v) is 8.59. The Balaban J connectivity index is 1.78. The van der Waals surface area contributed by atoms with E-state index < -0.39 is 23.2 Å². The van der Waals surface area contributed by atoms with E-state index >= 15 is 0 Å². The largest absolute Gasteiger partial charge is 0.504 e. The molecule has 168 valence electrons. The van der Waals surface area contributed by atoms with Crippen LogP contribution in [0.4, 0.5) is 9.52 Å². The molecule has 1 aliphatic heterocycles. The Morgan fingerprint density at radius 3 is 2.79 bits per heavy atom. The third-order valence-corrected chi connectivity index (χ3v) is 6.46. The van der Waals surface area contributed by atoms with Crippen LogP contribution in [0.2, 0.25) is 0 Å². The summed E-state index contributed by atoms with van der Waals surface area (Å²) in [6.45, 7) is 2.01. The number of aryl methyl sites for hydroxylation is 1. The number of phenols is 1. The van der Waals surface area contributed by atoms with E-state index in [-0.39, 0.29) is 33.8 Å². The Hall–Kier alpha value is -3.79. The van der Waals surface area contributed by atoms with Crippen molar-refractivity contribution in [3.05, 3.63) is 74.3 Å². The molecule has 3 heterocycles. The van der Waals surface area contributed by atoms with E-state index in [1.165, 1.54) is 41.5 Å². The van der Waals surface area contributed by atoms with Gasteiger partial charge in [-0.15, -0.1) is 10.2 Å². The molecule has 0 fully saturated rings. The highest BCUT2D eigenvalue weighted by Crippen LogP contribution is 2.43. The SMILES string of the molecule is CCCc1nnc(N2C(=O)c3oc4ccc(F)cc4c(=O)c3C2c2ccc(O)c(OC)c2)s1. The fourth-order valence-electron chi connectivity index (χ4n) is 3.98. The molecule has 0 spiro atoms. The Morgan fingerprint density at radius 2 is 2.03 bits per heavy atom. The molecular weight excluding hydrogens is 449 g/mol. The number of amides is 1. The highest BCUT2D eigenvalue weighted by Gasteiger charge is 2.45. The summed E-state index contributed by atoms with van der Waals surface area (Å²) in [5.41, 5.74) is 0.156. The summed E-state index contributed by atoms with van der Waals surface area (Å²) >= 11 is 1.25. The van der Waals surface area contributed by atoms with Gasteiger partial charge in [0.25, 0.3) is 5.91 Å². The van der Waals surface area contributed by atoms with Gasteiger partial charge < -0.3 is 14.3 Å². The number of nitrogens with zero attached hydrogens (tertiary/aromatic N) is 3. The summed E-state index contributed by atoms with van der Waals surface area (Å²) in [6, 6.07) is 7.20. The zero-order valence-electron chi connectivity index (χ0n) is 17.7. The molecule has 33 heavy (non-hydrogen) atoms. The number of benzene rings is 2. The van der Waals surface area contributed by atoms with Crippen LogP contribution in [0.1, 0.15) is 46.1 Å². The number of rotatable bonds is 5. The first-order valence-corrected chi connectivity index (χ1v) is 11.0. The van der Waals surface area contributed by atoms with Gasteiger partial charge in [0.1, 0.15) is 16.4 Å². The molecule has 10 heteroatoms. The van der Waals surface area contributed by atoms with E-state index in [9.17, 15) is 19.1 Å². The molecular formula is C23H18FN3O5S. The van der Waals surface area contributed by atoms with Gasteiger partial charge in [-0.1, -0.05) is 24.3 Å². The second-order valence-electron chi connectivity index (χ2n) is 7.55. The molecule has 0 saturated heterocycles. The summed E-state index contributed by atoms with van der Waals surface area (Å²) in [7, 11) is 1.40. The van der Waals surface area contributed by atoms with Crippen LogP contribution in [-0.2, 0) is 6.42 Å². The maximum atomic E-state index is 13.9. The number of halogens is 1. The van der Waals surface area contributed by atoms with Crippen molar-refractivity contribution in [1.29, 1.82) is 0 Å². The fraction of sp³-hybridized carbons (Fsp3) is 0.217. The van der Waals surface area contributed by atoms with E-state index in [0.717, 1.165) is 17.5 Å². The number of fused-ring (bicyclic) bond motifs is 2. The van der Waals surface area contributed by atoms with Gasteiger partial charge in [0.05, 0.1) is 24.1 Å². The van der Waals surface area contributed by atoms with Crippen LogP contribution in [0.15, 0.2) is 45.6 Å². The molecule has 5 rings (SSSR count). The lowest BCUT2D eigenvalue weighted by Crippen LogP contribution is -2.29. The van der Waals surface area contributed by atoms with Crippen LogP contribution >= 0.6 is 11.3 Å². The quantitative estimate of drug-likeness (QED) is 0.469. The average molecular weight is 467 g/mol. The number of methoxy groups -OCH3 is 1. The highest BCUT2D eigenvalue weighted by molar-refractivity contribution is 7.15. The van der Waals surface area contributed by atoms with Gasteiger partial charge in [-0.2, -0.15) is 0 Å². The summed E-state index contributed by atoms with van der Waals surface area (Å²) in [6.07, 6.45) is 1.56. The van der Waals surface area contributed by atoms with Gasteiger partial charge in [-0.05, 0) is 42.3 Å². The lowest BCUT2D eigenvalue weighted by Gasteiger charge is -2.22. The highest BCUT2D eigenvalue weighted by atomic mass is 32.1. The Morgan fingerprint density at radius 1 is 1.21 bits per heavy atom. The maximum absolute atomic E-state index is 13.9. The molecule has 1 atom stereocenters. The van der Waals surface area contributed by atoms with E-state index in [4.69, 9.17) is 9.15 Å². The lowest BCUT2D eigenvalue weighted by atomic mass is 9.98. The summed E-state index contributed by atoms with van der Waals surface area (Å²) < 4.78 is 24.9. The van der Waals surface area contributed by atoms with Crippen molar-refractivity contribution in [2.24, 2.45) is 0 Å². The normalized spacial score (nSPS) is 15.3. The maximum Gasteiger partial charge on any atom is 0.297 e. The van der Waals surface area contributed by atoms with E-state index in [1.807, 2.05) is 6.92 Å². The van der Waals surface area contributed by atoms with Crippen LogP contribution in [-0.4, -0.2) is 28.3 Å². The smallest absolute Gasteiger partial charge is 0.297 e. The molecule has 0 radical (unpaired) electrons. The minimum absolute atomic E-state index is 0.0306. The van der Waals surface area contributed by atoms with Gasteiger partial charge in [0.2, 0.25) is 10.9 Å². The van der Waals surface area contributed by atoms with Gasteiger partial charge in [-0.3, -0.25) is 14.5 Å². The second kappa shape index (κ2) is 7.96. The first-order valence-electron chi connectivity index (χ1n) is 10.2. The number of aromatic nitrogens is 2. The van der Waals surface area contributed by atoms with Gasteiger partial charge in [0, 0.05) is 6.42 Å². The molecule has 0 aliphatic carbocycles. The van der Waals surface area contributed by atoms with Crippen LogP contribution < -0.4 is 15.1 Å². The molecule has 8 nitrogen and oxygen atoms in total. The van der Waals surface area contributed by atoms with Crippen molar-refractivity contribution in [3.63, 3.8) is 0 Å². The predicted octanol–water partition coefficient (Wildman–Crippen LogP) is 4.20. The predicted molar refractivity (Wildman–Crippen MR) is 120 cm³/mol. The number of ether oxygens (including phenoxy) is 1. The third kappa shape index (κ3) is 3.34. The van der Waals surface area contributed by atoms with Crippen molar-refractivity contribution >= 4 is 33.3 Å². The molecule has 1 N–H and O–H groups in total. The van der Waals surface area contributed by atoms with E-state index in [1.54, 1.807) is 12.1 Å². The lowest BCUT2D eigenvalue weighted by molar-refractivity contribution is 0.0970. The average Bonchev–Trinajstić information content (AvgIpc) is 3.37. The monoisotopic (exact) mass is 467 g/mol. The van der Waals surface area contributed by atoms with Crippen molar-refractivity contribution in [3.8, 4) is 11.5 Å².